The van der Waals surface area contributed by atoms with Crippen molar-refractivity contribution < 1.29 is 19.0 Å². The molecule has 0 saturated carbocycles. The Morgan fingerprint density at radius 3 is 1.92 bits per heavy atom. The fourth-order valence-electron chi connectivity index (χ4n) is 1.19. The van der Waals surface area contributed by atoms with Crippen molar-refractivity contribution in [2.24, 2.45) is 5.92 Å². The summed E-state index contributed by atoms with van der Waals surface area (Å²) in [4.78, 5) is 11.4. The molecule has 0 aliphatic heterocycles. The van der Waals surface area contributed by atoms with E-state index < -0.39 is 11.8 Å². The molecule has 0 aromatic heterocycles. The maximum atomic E-state index is 11.4. The molecule has 0 aliphatic carbocycles. The smallest absolute Gasteiger partial charge is 0.366 e. The van der Waals surface area contributed by atoms with Crippen LogP contribution in [0.15, 0.2) is 0 Å². The Labute approximate surface area is 79.2 Å². The highest BCUT2D eigenvalue weighted by atomic mass is 16.7. The third kappa shape index (κ3) is 2.97. The quantitative estimate of drug-likeness (QED) is 0.482. The fourth-order valence-corrected chi connectivity index (χ4v) is 1.19. The van der Waals surface area contributed by atoms with Gasteiger partial charge in [-0.25, -0.2) is 4.79 Å². The van der Waals surface area contributed by atoms with Crippen molar-refractivity contribution in [3.05, 3.63) is 0 Å². The Kier molecular flexibility index (Phi) is 4.95. The normalized spacial score (nSPS) is 11.8. The van der Waals surface area contributed by atoms with Gasteiger partial charge in [-0.05, 0) is 5.92 Å². The number of carbonyl (C=O) groups excluding carboxylic acids is 1. The second-order valence-electron chi connectivity index (χ2n) is 3.25. The molecule has 0 rings (SSSR count). The minimum Gasteiger partial charge on any atom is -0.465 e. The molecule has 0 aromatic carbocycles. The van der Waals surface area contributed by atoms with E-state index in [0.29, 0.717) is 12.3 Å². The van der Waals surface area contributed by atoms with E-state index in [1.807, 2.05) is 13.8 Å². The van der Waals surface area contributed by atoms with Crippen LogP contribution in [-0.4, -0.2) is 33.1 Å². The summed E-state index contributed by atoms with van der Waals surface area (Å²) in [6.45, 7) is 3.96. The molecule has 13 heavy (non-hydrogen) atoms. The van der Waals surface area contributed by atoms with Gasteiger partial charge in [0, 0.05) is 20.6 Å². The summed E-state index contributed by atoms with van der Waals surface area (Å²) in [7, 11) is 4.18. The number of methoxy groups -OCH3 is 3. The van der Waals surface area contributed by atoms with Crippen LogP contribution in [0.25, 0.3) is 0 Å². The number of hydrogen-bond donors (Lipinski definition) is 0. The third-order valence-electron chi connectivity index (χ3n) is 1.83. The first kappa shape index (κ1) is 12.4. The van der Waals surface area contributed by atoms with Gasteiger partial charge in [-0.1, -0.05) is 13.8 Å². The highest BCUT2D eigenvalue weighted by Gasteiger charge is 2.40. The molecule has 0 unspecified atom stereocenters. The molecule has 0 spiro atoms. The summed E-state index contributed by atoms with van der Waals surface area (Å²) in [6, 6.07) is 0. The first-order chi connectivity index (χ1) is 6.02. The molecule has 0 N–H and O–H groups in total. The van der Waals surface area contributed by atoms with E-state index >= 15 is 0 Å². The van der Waals surface area contributed by atoms with Crippen molar-refractivity contribution in [2.75, 3.05) is 21.3 Å². The Balaban J connectivity index is 4.58. The van der Waals surface area contributed by atoms with Crippen molar-refractivity contribution in [3.8, 4) is 0 Å². The molecule has 4 heteroatoms. The lowest BCUT2D eigenvalue weighted by molar-refractivity contribution is -0.233. The lowest BCUT2D eigenvalue weighted by atomic mass is 10.0. The zero-order valence-corrected chi connectivity index (χ0v) is 8.92. The molecule has 0 atom stereocenters. The molecule has 0 amide bonds. The largest absolute Gasteiger partial charge is 0.465 e. The zero-order chi connectivity index (χ0) is 10.5. The molecular formula is C9H18O4. The third-order valence-corrected chi connectivity index (χ3v) is 1.83. The van der Waals surface area contributed by atoms with Crippen LogP contribution < -0.4 is 0 Å². The lowest BCUT2D eigenvalue weighted by Gasteiger charge is -2.28. The monoisotopic (exact) mass is 190 g/mol. The van der Waals surface area contributed by atoms with Gasteiger partial charge in [0.1, 0.15) is 0 Å². The molecule has 0 aromatic rings. The van der Waals surface area contributed by atoms with Gasteiger partial charge in [0.2, 0.25) is 0 Å². The van der Waals surface area contributed by atoms with E-state index in [4.69, 9.17) is 9.47 Å². The minimum absolute atomic E-state index is 0.291. The first-order valence-electron chi connectivity index (χ1n) is 4.21. The highest BCUT2D eigenvalue weighted by Crippen LogP contribution is 2.22. The van der Waals surface area contributed by atoms with Gasteiger partial charge in [-0.3, -0.25) is 0 Å². The standard InChI is InChI=1S/C9H18O4/c1-7(2)6-9(12-4,13-5)8(10)11-3/h7H,6H2,1-5H3. The molecular weight excluding hydrogens is 172 g/mol. The summed E-state index contributed by atoms with van der Waals surface area (Å²) in [5.41, 5.74) is 0. The van der Waals surface area contributed by atoms with Gasteiger partial charge in [-0.2, -0.15) is 0 Å². The molecule has 78 valence electrons. The summed E-state index contributed by atoms with van der Waals surface area (Å²) >= 11 is 0. The number of hydrogen-bond acceptors (Lipinski definition) is 4. The second kappa shape index (κ2) is 5.19. The van der Waals surface area contributed by atoms with Crippen LogP contribution in [0, 0.1) is 5.92 Å². The van der Waals surface area contributed by atoms with Gasteiger partial charge >= 0.3 is 5.97 Å². The average molecular weight is 190 g/mol. The van der Waals surface area contributed by atoms with Crippen LogP contribution in [0.3, 0.4) is 0 Å². The van der Waals surface area contributed by atoms with Crippen molar-refractivity contribution in [1.29, 1.82) is 0 Å². The Bertz CT molecular complexity index is 161. The van der Waals surface area contributed by atoms with Gasteiger partial charge in [0.05, 0.1) is 7.11 Å². The van der Waals surface area contributed by atoms with Crippen LogP contribution >= 0.6 is 0 Å². The maximum absolute atomic E-state index is 11.4. The van der Waals surface area contributed by atoms with Gasteiger partial charge in [-0.15, -0.1) is 0 Å². The predicted octanol–water partition coefficient (Wildman–Crippen LogP) is 1.19. The zero-order valence-electron chi connectivity index (χ0n) is 8.92. The first-order valence-corrected chi connectivity index (χ1v) is 4.21. The molecule has 0 bridgehead atoms. The van der Waals surface area contributed by atoms with Crippen molar-refractivity contribution in [2.45, 2.75) is 26.1 Å². The summed E-state index contributed by atoms with van der Waals surface area (Å²) in [6.07, 6.45) is 0.479. The Hall–Kier alpha value is -0.610. The molecule has 0 saturated heterocycles. The summed E-state index contributed by atoms with van der Waals surface area (Å²) < 4.78 is 14.7. The summed E-state index contributed by atoms with van der Waals surface area (Å²) in [5.74, 6) is -1.45. The van der Waals surface area contributed by atoms with Crippen LogP contribution in [0.4, 0.5) is 0 Å². The number of esters is 1. The summed E-state index contributed by atoms with van der Waals surface area (Å²) in [5, 5.41) is 0. The minimum atomic E-state index is -1.25. The van der Waals surface area contributed by atoms with Gasteiger partial charge in [0.15, 0.2) is 0 Å². The van der Waals surface area contributed by atoms with E-state index in [9.17, 15) is 4.79 Å². The SMILES string of the molecule is COC(=O)C(CC(C)C)(OC)OC. The molecule has 0 heterocycles. The molecule has 4 nitrogen and oxygen atoms in total. The average Bonchev–Trinajstić information content (AvgIpc) is 2.12. The van der Waals surface area contributed by atoms with Crippen molar-refractivity contribution in [3.63, 3.8) is 0 Å². The van der Waals surface area contributed by atoms with E-state index in [1.165, 1.54) is 21.3 Å². The van der Waals surface area contributed by atoms with Crippen LogP contribution in [0.5, 0.6) is 0 Å². The van der Waals surface area contributed by atoms with Gasteiger partial charge in [0.25, 0.3) is 5.79 Å². The van der Waals surface area contributed by atoms with E-state index in [1.54, 1.807) is 0 Å². The van der Waals surface area contributed by atoms with E-state index in [2.05, 4.69) is 4.74 Å². The van der Waals surface area contributed by atoms with E-state index in [0.717, 1.165) is 0 Å². The number of carbonyl (C=O) groups is 1. The Morgan fingerprint density at radius 2 is 1.69 bits per heavy atom. The van der Waals surface area contributed by atoms with E-state index in [-0.39, 0.29) is 0 Å². The van der Waals surface area contributed by atoms with Crippen LogP contribution in [0.2, 0.25) is 0 Å². The topological polar surface area (TPSA) is 44.8 Å². The van der Waals surface area contributed by atoms with Crippen molar-refractivity contribution in [1.82, 2.24) is 0 Å². The molecule has 0 aliphatic rings. The molecule has 0 radical (unpaired) electrons. The number of rotatable bonds is 5. The predicted molar refractivity (Wildman–Crippen MR) is 48.2 cm³/mol. The fraction of sp³-hybridized carbons (Fsp3) is 0.889. The molecule has 0 fully saturated rings. The highest BCUT2D eigenvalue weighted by molar-refractivity contribution is 5.77. The second-order valence-corrected chi connectivity index (χ2v) is 3.25. The lowest BCUT2D eigenvalue weighted by Crippen LogP contribution is -2.44. The van der Waals surface area contributed by atoms with Gasteiger partial charge < -0.3 is 14.2 Å². The van der Waals surface area contributed by atoms with Crippen LogP contribution in [0.1, 0.15) is 20.3 Å². The Morgan fingerprint density at radius 1 is 1.23 bits per heavy atom. The van der Waals surface area contributed by atoms with Crippen LogP contribution in [-0.2, 0) is 19.0 Å². The maximum Gasteiger partial charge on any atom is 0.366 e. The number of ether oxygens (including phenoxy) is 3. The van der Waals surface area contributed by atoms with Crippen molar-refractivity contribution >= 4 is 5.97 Å².